The molecular weight excluding hydrogens is 314 g/mol. The largest absolute Gasteiger partial charge is 0.455 e. The van der Waals surface area contributed by atoms with Gasteiger partial charge in [-0.3, -0.25) is 14.4 Å². The summed E-state index contributed by atoms with van der Waals surface area (Å²) in [4.78, 5) is 37.0. The third kappa shape index (κ3) is 3.99. The molecule has 2 aliphatic carbocycles. The quantitative estimate of drug-likeness (QED) is 0.838. The van der Waals surface area contributed by atoms with Gasteiger partial charge in [0.05, 0.1) is 12.5 Å². The fourth-order valence-corrected chi connectivity index (χ4v) is 4.22. The lowest BCUT2D eigenvalue weighted by atomic mass is 9.67. The number of thiophene rings is 1. The first kappa shape index (κ1) is 16.2. The van der Waals surface area contributed by atoms with E-state index in [1.54, 1.807) is 11.3 Å². The summed E-state index contributed by atoms with van der Waals surface area (Å²) < 4.78 is 5.15. The lowest BCUT2D eigenvalue weighted by Crippen LogP contribution is -2.40. The molecule has 124 valence electrons. The second kappa shape index (κ2) is 7.25. The van der Waals surface area contributed by atoms with Gasteiger partial charge < -0.3 is 10.1 Å². The Morgan fingerprint density at radius 2 is 2.00 bits per heavy atom. The van der Waals surface area contributed by atoms with Gasteiger partial charge in [0.1, 0.15) is 5.78 Å². The van der Waals surface area contributed by atoms with Crippen LogP contribution in [0.1, 0.15) is 37.0 Å². The number of Topliss-reactive ketones (excluding diaryl/α,β-unsaturated/α-hetero) is 1. The van der Waals surface area contributed by atoms with E-state index in [-0.39, 0.29) is 36.2 Å². The maximum Gasteiger partial charge on any atom is 0.309 e. The molecule has 2 fully saturated rings. The Balaban J connectivity index is 1.42. The van der Waals surface area contributed by atoms with Crippen LogP contribution in [0.15, 0.2) is 17.5 Å². The van der Waals surface area contributed by atoms with E-state index in [2.05, 4.69) is 5.32 Å². The van der Waals surface area contributed by atoms with Crippen molar-refractivity contribution >= 4 is 29.0 Å². The van der Waals surface area contributed by atoms with Crippen molar-refractivity contribution in [2.75, 3.05) is 6.61 Å². The first-order valence-electron chi connectivity index (χ1n) is 8.13. The SMILES string of the molecule is O=C(COC(=O)C1CC2CCCC(C1)C2=O)NCc1cccs1. The monoisotopic (exact) mass is 335 g/mol. The van der Waals surface area contributed by atoms with E-state index in [9.17, 15) is 14.4 Å². The van der Waals surface area contributed by atoms with Gasteiger partial charge in [0.25, 0.3) is 5.91 Å². The van der Waals surface area contributed by atoms with Crippen molar-refractivity contribution in [1.82, 2.24) is 5.32 Å². The van der Waals surface area contributed by atoms with E-state index < -0.39 is 0 Å². The minimum absolute atomic E-state index is 0.0210. The molecule has 23 heavy (non-hydrogen) atoms. The van der Waals surface area contributed by atoms with Crippen LogP contribution >= 0.6 is 11.3 Å². The number of hydrogen-bond acceptors (Lipinski definition) is 5. The van der Waals surface area contributed by atoms with Crippen molar-refractivity contribution < 1.29 is 19.1 Å². The number of ether oxygens (including phenoxy) is 1. The normalized spacial score (nSPS) is 26.6. The zero-order valence-corrected chi connectivity index (χ0v) is 13.8. The molecule has 0 spiro atoms. The van der Waals surface area contributed by atoms with Crippen LogP contribution < -0.4 is 5.32 Å². The van der Waals surface area contributed by atoms with E-state index >= 15 is 0 Å². The molecule has 0 radical (unpaired) electrons. The van der Waals surface area contributed by atoms with Gasteiger partial charge in [0, 0.05) is 16.7 Å². The summed E-state index contributed by atoms with van der Waals surface area (Å²) in [6.07, 6.45) is 4.03. The van der Waals surface area contributed by atoms with Crippen LogP contribution in [0.5, 0.6) is 0 Å². The maximum atomic E-state index is 12.2. The second-order valence-electron chi connectivity index (χ2n) is 6.36. The number of amides is 1. The minimum Gasteiger partial charge on any atom is -0.455 e. The number of fused-ring (bicyclic) bond motifs is 2. The molecule has 0 saturated heterocycles. The van der Waals surface area contributed by atoms with Gasteiger partial charge in [0.15, 0.2) is 6.61 Å². The van der Waals surface area contributed by atoms with E-state index in [0.717, 1.165) is 24.1 Å². The lowest BCUT2D eigenvalue weighted by Gasteiger charge is -2.36. The van der Waals surface area contributed by atoms with Crippen molar-refractivity contribution in [1.29, 1.82) is 0 Å². The summed E-state index contributed by atoms with van der Waals surface area (Å²) in [5.74, 6) is -0.484. The molecule has 6 heteroatoms. The molecule has 0 aliphatic heterocycles. The fraction of sp³-hybridized carbons (Fsp3) is 0.588. The molecule has 1 aromatic heterocycles. The van der Waals surface area contributed by atoms with E-state index in [1.165, 1.54) is 0 Å². The highest BCUT2D eigenvalue weighted by molar-refractivity contribution is 7.09. The number of carbonyl (C=O) groups is 3. The van der Waals surface area contributed by atoms with Gasteiger partial charge in [-0.1, -0.05) is 12.5 Å². The van der Waals surface area contributed by atoms with Gasteiger partial charge in [0.2, 0.25) is 0 Å². The number of hydrogen-bond donors (Lipinski definition) is 1. The molecule has 2 saturated carbocycles. The van der Waals surface area contributed by atoms with Crippen LogP contribution in [0.3, 0.4) is 0 Å². The fourth-order valence-electron chi connectivity index (χ4n) is 3.58. The van der Waals surface area contributed by atoms with Gasteiger partial charge >= 0.3 is 5.97 Å². The third-order valence-corrected chi connectivity index (χ3v) is 5.64. The summed E-state index contributed by atoms with van der Waals surface area (Å²) in [6.45, 7) is 0.208. The summed E-state index contributed by atoms with van der Waals surface area (Å²) in [5.41, 5.74) is 0. The van der Waals surface area contributed by atoms with Crippen LogP contribution in [0, 0.1) is 17.8 Å². The lowest BCUT2D eigenvalue weighted by molar-refractivity contribution is -0.156. The first-order chi connectivity index (χ1) is 11.1. The van der Waals surface area contributed by atoms with Crippen LogP contribution in [0.4, 0.5) is 0 Å². The van der Waals surface area contributed by atoms with Gasteiger partial charge in [-0.15, -0.1) is 11.3 Å². The Bertz CT molecular complexity index is 567. The molecule has 2 aliphatic rings. The van der Waals surface area contributed by atoms with Crippen LogP contribution in [-0.4, -0.2) is 24.3 Å². The Morgan fingerprint density at radius 3 is 2.65 bits per heavy atom. The van der Waals surface area contributed by atoms with Gasteiger partial charge in [-0.2, -0.15) is 0 Å². The number of carbonyl (C=O) groups excluding carboxylic acids is 3. The number of rotatable bonds is 5. The molecular formula is C17H21NO4S. The average Bonchev–Trinajstić information content (AvgIpc) is 3.03. The molecule has 2 bridgehead atoms. The number of nitrogens with one attached hydrogen (secondary N) is 1. The van der Waals surface area contributed by atoms with Crippen LogP contribution in [0.2, 0.25) is 0 Å². The molecule has 5 nitrogen and oxygen atoms in total. The molecule has 1 N–H and O–H groups in total. The number of ketones is 1. The van der Waals surface area contributed by atoms with Crippen molar-refractivity contribution in [2.45, 2.75) is 38.6 Å². The Labute approximate surface area is 139 Å². The number of esters is 1. The van der Waals surface area contributed by atoms with Crippen LogP contribution in [-0.2, 0) is 25.7 Å². The molecule has 2 unspecified atom stereocenters. The minimum atomic E-state index is -0.333. The molecule has 2 atom stereocenters. The standard InChI is InChI=1S/C17H21NO4S/c19-15(18-9-14-5-2-6-23-14)10-22-17(21)13-7-11-3-1-4-12(8-13)16(11)20/h2,5-6,11-13H,1,3-4,7-10H2,(H,18,19). The highest BCUT2D eigenvalue weighted by atomic mass is 32.1. The summed E-state index contributed by atoms with van der Waals surface area (Å²) >= 11 is 1.57. The van der Waals surface area contributed by atoms with Crippen molar-refractivity contribution in [3.8, 4) is 0 Å². The molecule has 1 heterocycles. The maximum absolute atomic E-state index is 12.2. The summed E-state index contributed by atoms with van der Waals surface area (Å²) in [6, 6.07) is 3.86. The molecule has 1 amide bonds. The molecule has 1 aromatic rings. The van der Waals surface area contributed by atoms with Crippen molar-refractivity contribution in [3.63, 3.8) is 0 Å². The van der Waals surface area contributed by atoms with Gasteiger partial charge in [-0.25, -0.2) is 0 Å². The van der Waals surface area contributed by atoms with Crippen LogP contribution in [0.25, 0.3) is 0 Å². The highest BCUT2D eigenvalue weighted by Crippen LogP contribution is 2.40. The highest BCUT2D eigenvalue weighted by Gasteiger charge is 2.41. The predicted molar refractivity (Wildman–Crippen MR) is 85.7 cm³/mol. The Hall–Kier alpha value is -1.69. The second-order valence-corrected chi connectivity index (χ2v) is 7.39. The van der Waals surface area contributed by atoms with E-state index in [4.69, 9.17) is 4.74 Å². The van der Waals surface area contributed by atoms with Crippen molar-refractivity contribution in [2.24, 2.45) is 17.8 Å². The molecule has 0 aromatic carbocycles. The first-order valence-corrected chi connectivity index (χ1v) is 9.01. The Morgan fingerprint density at radius 1 is 1.26 bits per heavy atom. The molecule has 3 rings (SSSR count). The third-order valence-electron chi connectivity index (χ3n) is 4.77. The summed E-state index contributed by atoms with van der Waals surface area (Å²) in [7, 11) is 0. The Kier molecular flexibility index (Phi) is 5.10. The zero-order chi connectivity index (χ0) is 16.2. The van der Waals surface area contributed by atoms with Crippen molar-refractivity contribution in [3.05, 3.63) is 22.4 Å². The van der Waals surface area contributed by atoms with Gasteiger partial charge in [-0.05, 0) is 37.1 Å². The topological polar surface area (TPSA) is 72.5 Å². The average molecular weight is 335 g/mol. The van der Waals surface area contributed by atoms with E-state index in [0.29, 0.717) is 25.2 Å². The predicted octanol–water partition coefficient (Wildman–Crippen LogP) is 2.30. The zero-order valence-electron chi connectivity index (χ0n) is 13.0. The van der Waals surface area contributed by atoms with E-state index in [1.807, 2.05) is 17.5 Å². The summed E-state index contributed by atoms with van der Waals surface area (Å²) in [5, 5.41) is 4.68. The smallest absolute Gasteiger partial charge is 0.309 e.